The first-order chi connectivity index (χ1) is 20.4. The second kappa shape index (κ2) is 15.2. The van der Waals surface area contributed by atoms with E-state index in [2.05, 4.69) is 74.3 Å². The van der Waals surface area contributed by atoms with Crippen molar-refractivity contribution in [2.24, 2.45) is 0 Å². The fourth-order valence-electron chi connectivity index (χ4n) is 5.52. The summed E-state index contributed by atoms with van der Waals surface area (Å²) >= 11 is 0. The lowest BCUT2D eigenvalue weighted by atomic mass is 9.91. The Morgan fingerprint density at radius 3 is 2.38 bits per heavy atom. The van der Waals surface area contributed by atoms with Gasteiger partial charge in [-0.15, -0.1) is 0 Å². The Labute approximate surface area is 252 Å². The largest absolute Gasteiger partial charge is 0.493 e. The second-order valence-corrected chi connectivity index (χ2v) is 11.5. The van der Waals surface area contributed by atoms with Crippen molar-refractivity contribution in [3.05, 3.63) is 52.7 Å². The maximum atomic E-state index is 13.3. The average Bonchev–Trinajstić information content (AvgIpc) is 3.42. The van der Waals surface area contributed by atoms with Gasteiger partial charge in [0.2, 0.25) is 0 Å². The van der Waals surface area contributed by atoms with E-state index in [9.17, 15) is 4.79 Å². The maximum Gasteiger partial charge on any atom is 0.274 e. The molecule has 3 aromatic rings. The van der Waals surface area contributed by atoms with Gasteiger partial charge in [-0.25, -0.2) is 0 Å². The lowest BCUT2D eigenvalue weighted by Crippen LogP contribution is -2.31. The highest BCUT2D eigenvalue weighted by atomic mass is 16.5. The normalized spacial score (nSPS) is 13.3. The van der Waals surface area contributed by atoms with Gasteiger partial charge in [-0.05, 0) is 73.4 Å². The van der Waals surface area contributed by atoms with Crippen LogP contribution in [-0.4, -0.2) is 48.8 Å². The molecule has 0 saturated heterocycles. The summed E-state index contributed by atoms with van der Waals surface area (Å²) in [6, 6.07) is 10.6. The number of rotatable bonds is 15. The Morgan fingerprint density at radius 2 is 1.71 bits per heavy atom. The molecule has 7 heteroatoms. The summed E-state index contributed by atoms with van der Waals surface area (Å²) in [5, 5.41) is 7.27. The van der Waals surface area contributed by atoms with Crippen LogP contribution in [0, 0.1) is 0 Å². The van der Waals surface area contributed by atoms with Crippen molar-refractivity contribution in [2.45, 2.75) is 92.5 Å². The third kappa shape index (κ3) is 7.35. The Morgan fingerprint density at radius 1 is 0.976 bits per heavy atom. The zero-order chi connectivity index (χ0) is 30.1. The van der Waals surface area contributed by atoms with Gasteiger partial charge < -0.3 is 19.3 Å². The minimum Gasteiger partial charge on any atom is -0.493 e. The Kier molecular flexibility index (Phi) is 11.5. The standard InChI is InChI=1S/C35H49N3O4/c1-7-11-18-40-30-22-31(41-19-12-8-2)29(21-28(30)24(5)6)34-32(33(37-42-34)35(39)36-10-4)26-13-14-27-23-38(16-9-3)17-15-25(27)20-26/h13-14,20-22,24H,7-12,15-19,23H2,1-6H3,(H,36,39). The second-order valence-electron chi connectivity index (χ2n) is 11.5. The Hall–Kier alpha value is -3.32. The predicted molar refractivity (Wildman–Crippen MR) is 170 cm³/mol. The van der Waals surface area contributed by atoms with E-state index in [0.29, 0.717) is 42.5 Å². The minimum atomic E-state index is -0.244. The van der Waals surface area contributed by atoms with Gasteiger partial charge in [0.1, 0.15) is 11.5 Å². The zero-order valence-corrected chi connectivity index (χ0v) is 26.5. The third-order valence-corrected chi connectivity index (χ3v) is 7.86. The van der Waals surface area contributed by atoms with Gasteiger partial charge in [0, 0.05) is 25.7 Å². The highest BCUT2D eigenvalue weighted by molar-refractivity contribution is 6.02. The number of hydrogen-bond donors (Lipinski definition) is 1. The smallest absolute Gasteiger partial charge is 0.274 e. The summed E-state index contributed by atoms with van der Waals surface area (Å²) in [7, 11) is 0. The summed E-state index contributed by atoms with van der Waals surface area (Å²) in [5.74, 6) is 2.05. The van der Waals surface area contributed by atoms with Crippen molar-refractivity contribution in [2.75, 3.05) is 32.8 Å². The third-order valence-electron chi connectivity index (χ3n) is 7.86. The Bertz CT molecular complexity index is 1330. The van der Waals surface area contributed by atoms with E-state index >= 15 is 0 Å². The highest BCUT2D eigenvalue weighted by Crippen LogP contribution is 2.44. The van der Waals surface area contributed by atoms with Crippen molar-refractivity contribution in [1.82, 2.24) is 15.4 Å². The summed E-state index contributed by atoms with van der Waals surface area (Å²) in [4.78, 5) is 15.8. The first-order valence-electron chi connectivity index (χ1n) is 16.0. The van der Waals surface area contributed by atoms with E-state index in [1.165, 1.54) is 11.1 Å². The molecule has 4 rings (SSSR count). The van der Waals surface area contributed by atoms with Crippen molar-refractivity contribution >= 4 is 5.91 Å². The van der Waals surface area contributed by atoms with Crippen LogP contribution in [0.25, 0.3) is 22.5 Å². The van der Waals surface area contributed by atoms with Crippen molar-refractivity contribution in [3.8, 4) is 33.9 Å². The monoisotopic (exact) mass is 575 g/mol. The number of hydrogen-bond acceptors (Lipinski definition) is 6. The van der Waals surface area contributed by atoms with Crippen LogP contribution in [0.5, 0.6) is 11.5 Å². The van der Waals surface area contributed by atoms with Gasteiger partial charge in [0.15, 0.2) is 11.5 Å². The van der Waals surface area contributed by atoms with Gasteiger partial charge in [-0.1, -0.05) is 70.8 Å². The molecule has 1 aliphatic rings. The highest BCUT2D eigenvalue weighted by Gasteiger charge is 2.29. The fraction of sp³-hybridized carbons (Fsp3) is 0.543. The molecule has 1 aliphatic heterocycles. The number of nitrogens with zero attached hydrogens (tertiary/aromatic N) is 2. The van der Waals surface area contributed by atoms with Gasteiger partial charge >= 0.3 is 0 Å². The number of nitrogens with one attached hydrogen (secondary N) is 1. The van der Waals surface area contributed by atoms with Crippen LogP contribution in [0.3, 0.4) is 0 Å². The number of carbonyl (C=O) groups excluding carboxylic acids is 1. The van der Waals surface area contributed by atoms with Crippen molar-refractivity contribution < 1.29 is 18.8 Å². The molecule has 1 amide bonds. The van der Waals surface area contributed by atoms with Crippen LogP contribution in [0.1, 0.15) is 107 Å². The van der Waals surface area contributed by atoms with Crippen LogP contribution in [0.15, 0.2) is 34.9 Å². The fourth-order valence-corrected chi connectivity index (χ4v) is 5.52. The van der Waals surface area contributed by atoms with Crippen molar-refractivity contribution in [3.63, 3.8) is 0 Å². The van der Waals surface area contributed by atoms with Gasteiger partial charge in [-0.2, -0.15) is 0 Å². The molecular weight excluding hydrogens is 526 g/mol. The van der Waals surface area contributed by atoms with Gasteiger partial charge in [0.25, 0.3) is 5.91 Å². The topological polar surface area (TPSA) is 76.8 Å². The molecule has 0 spiro atoms. The number of amides is 1. The van der Waals surface area contributed by atoms with E-state index < -0.39 is 0 Å². The van der Waals surface area contributed by atoms with E-state index in [-0.39, 0.29) is 11.8 Å². The van der Waals surface area contributed by atoms with Crippen LogP contribution >= 0.6 is 0 Å². The minimum absolute atomic E-state index is 0.217. The molecule has 2 heterocycles. The molecule has 0 bridgehead atoms. The molecule has 0 radical (unpaired) electrons. The summed E-state index contributed by atoms with van der Waals surface area (Å²) in [5.41, 5.74) is 6.46. The Balaban J connectivity index is 1.87. The summed E-state index contributed by atoms with van der Waals surface area (Å²) in [6.07, 6.45) is 6.14. The van der Waals surface area contributed by atoms with Crippen LogP contribution < -0.4 is 14.8 Å². The molecule has 228 valence electrons. The molecule has 0 fully saturated rings. The summed E-state index contributed by atoms with van der Waals surface area (Å²) in [6.45, 7) is 17.6. The number of unbranched alkanes of at least 4 members (excludes halogenated alkanes) is 2. The maximum absolute atomic E-state index is 13.3. The molecule has 2 aromatic carbocycles. The molecule has 7 nitrogen and oxygen atoms in total. The summed E-state index contributed by atoms with van der Waals surface area (Å²) < 4.78 is 18.7. The van der Waals surface area contributed by atoms with Gasteiger partial charge in [0.05, 0.1) is 24.3 Å². The molecule has 0 aliphatic carbocycles. The first-order valence-corrected chi connectivity index (χ1v) is 16.0. The molecular formula is C35H49N3O4. The van der Waals surface area contributed by atoms with Crippen molar-refractivity contribution in [1.29, 1.82) is 0 Å². The number of carbonyl (C=O) groups is 1. The van der Waals surface area contributed by atoms with E-state index in [1.807, 2.05) is 13.0 Å². The van der Waals surface area contributed by atoms with Crippen LogP contribution in [0.4, 0.5) is 0 Å². The van der Waals surface area contributed by atoms with E-state index in [0.717, 1.165) is 80.6 Å². The number of ether oxygens (including phenoxy) is 2. The molecule has 1 aromatic heterocycles. The first kappa shape index (κ1) is 31.6. The lowest BCUT2D eigenvalue weighted by Gasteiger charge is -2.28. The van der Waals surface area contributed by atoms with Crippen LogP contribution in [-0.2, 0) is 13.0 Å². The number of fused-ring (bicyclic) bond motifs is 1. The number of aromatic nitrogens is 1. The SMILES string of the molecule is CCCCOc1cc(OCCCC)c(C(C)C)cc1-c1onc(C(=O)NCC)c1-c1ccc2c(c1)CCN(CCC)C2. The molecule has 1 N–H and O–H groups in total. The molecule has 0 saturated carbocycles. The van der Waals surface area contributed by atoms with Crippen LogP contribution in [0.2, 0.25) is 0 Å². The quantitative estimate of drug-likeness (QED) is 0.185. The number of benzene rings is 2. The predicted octanol–water partition coefficient (Wildman–Crippen LogP) is 8.01. The zero-order valence-electron chi connectivity index (χ0n) is 26.5. The molecule has 0 atom stereocenters. The molecule has 0 unspecified atom stereocenters. The van der Waals surface area contributed by atoms with E-state index in [1.54, 1.807) is 0 Å². The van der Waals surface area contributed by atoms with Gasteiger partial charge in [-0.3, -0.25) is 9.69 Å². The van der Waals surface area contributed by atoms with E-state index in [4.69, 9.17) is 14.0 Å². The average molecular weight is 576 g/mol. The molecule has 42 heavy (non-hydrogen) atoms. The lowest BCUT2D eigenvalue weighted by molar-refractivity contribution is 0.0947.